The predicted octanol–water partition coefficient (Wildman–Crippen LogP) is 1.15. The average molecular weight is 245 g/mol. The molecule has 1 aromatic carbocycles. The number of aryl methyl sites for hydroxylation is 2. The molecule has 1 amide bonds. The zero-order valence-corrected chi connectivity index (χ0v) is 10.3. The smallest absolute Gasteiger partial charge is 0.250 e. The Morgan fingerprint density at radius 3 is 2.67 bits per heavy atom. The lowest BCUT2D eigenvalue weighted by Gasteiger charge is -2.09. The van der Waals surface area contributed by atoms with Crippen molar-refractivity contribution in [3.63, 3.8) is 0 Å². The Kier molecular flexibility index (Phi) is 2.93. The summed E-state index contributed by atoms with van der Waals surface area (Å²) in [6, 6.07) is 4.92. The molecule has 0 fully saturated rings. The molecule has 0 atom stereocenters. The van der Waals surface area contributed by atoms with E-state index < -0.39 is 5.91 Å². The first kappa shape index (κ1) is 12.0. The van der Waals surface area contributed by atoms with Crippen LogP contribution in [0.5, 0.6) is 0 Å². The summed E-state index contributed by atoms with van der Waals surface area (Å²) in [5.74, 6) is -0.501. The molecule has 2 rings (SSSR count). The number of hydrogen-bond acceptors (Lipinski definition) is 4. The number of nitrogens with one attached hydrogen (secondary N) is 1. The number of nitrogen functional groups attached to an aromatic ring is 1. The van der Waals surface area contributed by atoms with Crippen molar-refractivity contribution in [2.75, 3.05) is 11.1 Å². The normalized spacial score (nSPS) is 10.3. The molecule has 1 heterocycles. The van der Waals surface area contributed by atoms with Gasteiger partial charge in [-0.25, -0.2) is 0 Å². The third kappa shape index (κ3) is 2.27. The lowest BCUT2D eigenvalue weighted by atomic mass is 10.1. The Labute approximate surface area is 105 Å². The van der Waals surface area contributed by atoms with E-state index in [2.05, 4.69) is 10.4 Å². The highest BCUT2D eigenvalue weighted by Gasteiger charge is 2.11. The SMILES string of the molecule is Cc1nn(C)cc1Nc1cc(N)ccc1C(N)=O. The van der Waals surface area contributed by atoms with Gasteiger partial charge in [0, 0.05) is 18.9 Å². The van der Waals surface area contributed by atoms with Gasteiger partial charge in [-0.15, -0.1) is 0 Å². The standard InChI is InChI=1S/C12H15N5O/c1-7-11(6-17(2)16-7)15-10-5-8(13)3-4-9(10)12(14)18/h3-6,15H,13H2,1-2H3,(H2,14,18). The number of amides is 1. The Balaban J connectivity index is 2.42. The average Bonchev–Trinajstić information content (AvgIpc) is 2.57. The van der Waals surface area contributed by atoms with E-state index in [9.17, 15) is 4.79 Å². The van der Waals surface area contributed by atoms with Gasteiger partial charge in [-0.3, -0.25) is 9.48 Å². The van der Waals surface area contributed by atoms with Gasteiger partial charge in [0.15, 0.2) is 0 Å². The molecule has 0 aliphatic carbocycles. The first-order valence-corrected chi connectivity index (χ1v) is 5.44. The Hall–Kier alpha value is -2.50. The summed E-state index contributed by atoms with van der Waals surface area (Å²) in [5, 5.41) is 7.33. The summed E-state index contributed by atoms with van der Waals surface area (Å²) < 4.78 is 1.69. The molecule has 6 heteroatoms. The molecular formula is C12H15N5O. The molecule has 5 N–H and O–H groups in total. The van der Waals surface area contributed by atoms with Crippen LogP contribution in [0.3, 0.4) is 0 Å². The number of nitrogens with two attached hydrogens (primary N) is 2. The van der Waals surface area contributed by atoms with Gasteiger partial charge in [-0.1, -0.05) is 0 Å². The summed E-state index contributed by atoms with van der Waals surface area (Å²) in [7, 11) is 1.83. The number of nitrogens with zero attached hydrogens (tertiary/aromatic N) is 2. The van der Waals surface area contributed by atoms with Crippen LogP contribution in [0.25, 0.3) is 0 Å². The van der Waals surface area contributed by atoms with Crippen molar-refractivity contribution in [1.82, 2.24) is 9.78 Å². The van der Waals surface area contributed by atoms with Gasteiger partial charge in [0.25, 0.3) is 5.91 Å². The minimum absolute atomic E-state index is 0.396. The van der Waals surface area contributed by atoms with Gasteiger partial charge >= 0.3 is 0 Å². The molecule has 2 aromatic rings. The van der Waals surface area contributed by atoms with Crippen LogP contribution in [0, 0.1) is 6.92 Å². The third-order valence-electron chi connectivity index (χ3n) is 2.59. The van der Waals surface area contributed by atoms with Gasteiger partial charge in [0.2, 0.25) is 0 Å². The maximum Gasteiger partial charge on any atom is 0.250 e. The van der Waals surface area contributed by atoms with Crippen molar-refractivity contribution in [2.45, 2.75) is 6.92 Å². The number of rotatable bonds is 3. The molecule has 0 aliphatic rings. The number of primary amides is 1. The van der Waals surface area contributed by atoms with Crippen LogP contribution in [-0.4, -0.2) is 15.7 Å². The van der Waals surface area contributed by atoms with Crippen LogP contribution in [0.4, 0.5) is 17.1 Å². The van der Waals surface area contributed by atoms with E-state index in [0.29, 0.717) is 16.9 Å². The molecule has 94 valence electrons. The Bertz CT molecular complexity index is 603. The molecule has 0 spiro atoms. The van der Waals surface area contributed by atoms with E-state index in [1.165, 1.54) is 0 Å². The summed E-state index contributed by atoms with van der Waals surface area (Å²) in [6.07, 6.45) is 1.82. The summed E-state index contributed by atoms with van der Waals surface area (Å²) in [4.78, 5) is 11.3. The van der Waals surface area contributed by atoms with Gasteiger partial charge < -0.3 is 16.8 Å². The fourth-order valence-corrected chi connectivity index (χ4v) is 1.75. The second-order valence-electron chi connectivity index (χ2n) is 4.10. The van der Waals surface area contributed by atoms with Gasteiger partial charge in [-0.2, -0.15) is 5.10 Å². The van der Waals surface area contributed by atoms with E-state index in [1.54, 1.807) is 22.9 Å². The monoisotopic (exact) mass is 245 g/mol. The fourth-order valence-electron chi connectivity index (χ4n) is 1.75. The largest absolute Gasteiger partial charge is 0.399 e. The number of anilines is 3. The summed E-state index contributed by atoms with van der Waals surface area (Å²) >= 11 is 0. The zero-order valence-electron chi connectivity index (χ0n) is 10.3. The van der Waals surface area contributed by atoms with Crippen LogP contribution in [0.2, 0.25) is 0 Å². The van der Waals surface area contributed by atoms with Gasteiger partial charge in [0.1, 0.15) is 0 Å². The number of carbonyl (C=O) groups is 1. The first-order valence-electron chi connectivity index (χ1n) is 5.44. The highest BCUT2D eigenvalue weighted by atomic mass is 16.1. The minimum atomic E-state index is -0.501. The predicted molar refractivity (Wildman–Crippen MR) is 70.6 cm³/mol. The van der Waals surface area contributed by atoms with Crippen molar-refractivity contribution in [2.24, 2.45) is 12.8 Å². The van der Waals surface area contributed by atoms with Gasteiger partial charge in [-0.05, 0) is 25.1 Å². The van der Waals surface area contributed by atoms with Crippen LogP contribution in [-0.2, 0) is 7.05 Å². The molecule has 0 aliphatic heterocycles. The van der Waals surface area contributed by atoms with Crippen molar-refractivity contribution >= 4 is 23.0 Å². The number of benzene rings is 1. The first-order chi connectivity index (χ1) is 8.47. The maximum atomic E-state index is 11.3. The van der Waals surface area contributed by atoms with Crippen LogP contribution in [0.1, 0.15) is 16.1 Å². The van der Waals surface area contributed by atoms with Crippen molar-refractivity contribution in [1.29, 1.82) is 0 Å². The number of hydrogen-bond donors (Lipinski definition) is 3. The van der Waals surface area contributed by atoms with E-state index in [0.717, 1.165) is 11.4 Å². The second-order valence-corrected chi connectivity index (χ2v) is 4.10. The molecule has 0 saturated carbocycles. The second kappa shape index (κ2) is 4.40. The fraction of sp³-hybridized carbons (Fsp3) is 0.167. The topological polar surface area (TPSA) is 99.0 Å². The highest BCUT2D eigenvalue weighted by Crippen LogP contribution is 2.24. The molecule has 0 bridgehead atoms. The van der Waals surface area contributed by atoms with Crippen LogP contribution >= 0.6 is 0 Å². The number of aromatic nitrogens is 2. The maximum absolute atomic E-state index is 11.3. The van der Waals surface area contributed by atoms with Crippen molar-refractivity contribution in [3.05, 3.63) is 35.7 Å². The molecule has 0 unspecified atom stereocenters. The van der Waals surface area contributed by atoms with E-state index in [1.807, 2.05) is 20.2 Å². The Morgan fingerprint density at radius 2 is 2.11 bits per heavy atom. The third-order valence-corrected chi connectivity index (χ3v) is 2.59. The zero-order chi connectivity index (χ0) is 13.3. The summed E-state index contributed by atoms with van der Waals surface area (Å²) in [5.41, 5.74) is 14.2. The van der Waals surface area contributed by atoms with Crippen molar-refractivity contribution in [3.8, 4) is 0 Å². The molecule has 0 saturated heterocycles. The van der Waals surface area contributed by atoms with Crippen molar-refractivity contribution < 1.29 is 4.79 Å². The van der Waals surface area contributed by atoms with Crippen LogP contribution < -0.4 is 16.8 Å². The summed E-state index contributed by atoms with van der Waals surface area (Å²) in [6.45, 7) is 1.87. The highest BCUT2D eigenvalue weighted by molar-refractivity contribution is 5.99. The number of carbonyl (C=O) groups excluding carboxylic acids is 1. The minimum Gasteiger partial charge on any atom is -0.399 e. The lowest BCUT2D eigenvalue weighted by Crippen LogP contribution is -2.13. The van der Waals surface area contributed by atoms with Crippen LogP contribution in [0.15, 0.2) is 24.4 Å². The van der Waals surface area contributed by atoms with E-state index in [4.69, 9.17) is 11.5 Å². The molecule has 0 radical (unpaired) electrons. The van der Waals surface area contributed by atoms with E-state index >= 15 is 0 Å². The molecule has 18 heavy (non-hydrogen) atoms. The molecule has 1 aromatic heterocycles. The lowest BCUT2D eigenvalue weighted by molar-refractivity contribution is 0.100. The van der Waals surface area contributed by atoms with Gasteiger partial charge in [0.05, 0.1) is 22.6 Å². The Morgan fingerprint density at radius 1 is 1.39 bits per heavy atom. The van der Waals surface area contributed by atoms with E-state index in [-0.39, 0.29) is 0 Å². The molecular weight excluding hydrogens is 230 g/mol. The quantitative estimate of drug-likeness (QED) is 0.706. The molecule has 6 nitrogen and oxygen atoms in total.